The Morgan fingerprint density at radius 1 is 1.22 bits per heavy atom. The summed E-state index contributed by atoms with van der Waals surface area (Å²) in [6, 6.07) is 13.5. The third-order valence-corrected chi connectivity index (χ3v) is 3.65. The zero-order valence-corrected chi connectivity index (χ0v) is 13.9. The number of anilines is 1. The van der Waals surface area contributed by atoms with E-state index in [2.05, 4.69) is 20.5 Å². The first-order chi connectivity index (χ1) is 11.1. The van der Waals surface area contributed by atoms with Gasteiger partial charge >= 0.3 is 0 Å². The maximum Gasteiger partial charge on any atom is 0.251 e. The van der Waals surface area contributed by atoms with Crippen LogP contribution in [0.4, 0.5) is 5.82 Å². The Balaban J connectivity index is 2.14. The minimum Gasteiger partial charge on any atom is -0.373 e. The number of benzene rings is 1. The average Bonchev–Trinajstić information content (AvgIpc) is 2.59. The molecule has 0 radical (unpaired) electrons. The summed E-state index contributed by atoms with van der Waals surface area (Å²) in [5.74, 6) is 0.596. The number of carbonyl (C=O) groups excluding carboxylic acids is 1. The van der Waals surface area contributed by atoms with Gasteiger partial charge in [0, 0.05) is 18.8 Å². The number of rotatable bonds is 7. The summed E-state index contributed by atoms with van der Waals surface area (Å²) in [6.07, 6.45) is 2.49. The number of nitrogens with one attached hydrogen (secondary N) is 2. The first-order valence-corrected chi connectivity index (χ1v) is 7.74. The van der Waals surface area contributed by atoms with Gasteiger partial charge in [0.1, 0.15) is 5.82 Å². The van der Waals surface area contributed by atoms with E-state index in [0.717, 1.165) is 18.5 Å². The van der Waals surface area contributed by atoms with Crippen molar-refractivity contribution in [2.45, 2.75) is 12.5 Å². The predicted octanol–water partition coefficient (Wildman–Crippen LogP) is 2.55. The molecule has 0 aliphatic rings. The van der Waals surface area contributed by atoms with Gasteiger partial charge in [-0.1, -0.05) is 30.3 Å². The van der Waals surface area contributed by atoms with E-state index < -0.39 is 0 Å². The fourth-order valence-electron chi connectivity index (χ4n) is 2.34. The summed E-state index contributed by atoms with van der Waals surface area (Å²) in [5.41, 5.74) is 1.72. The Hall–Kier alpha value is -2.40. The fourth-order valence-corrected chi connectivity index (χ4v) is 2.34. The van der Waals surface area contributed by atoms with Gasteiger partial charge in [-0.3, -0.25) is 4.79 Å². The van der Waals surface area contributed by atoms with E-state index in [0.29, 0.717) is 11.4 Å². The van der Waals surface area contributed by atoms with E-state index in [1.54, 1.807) is 25.4 Å². The van der Waals surface area contributed by atoms with Crippen LogP contribution in [0.5, 0.6) is 0 Å². The van der Waals surface area contributed by atoms with Crippen molar-refractivity contribution in [1.29, 1.82) is 0 Å². The Labute approximate surface area is 137 Å². The highest BCUT2D eigenvalue weighted by Crippen LogP contribution is 2.18. The van der Waals surface area contributed by atoms with Crippen LogP contribution in [0, 0.1) is 0 Å². The van der Waals surface area contributed by atoms with Crippen LogP contribution in [0.25, 0.3) is 0 Å². The molecule has 0 saturated heterocycles. The maximum atomic E-state index is 12.6. The number of amides is 1. The summed E-state index contributed by atoms with van der Waals surface area (Å²) in [7, 11) is 5.85. The molecule has 1 aromatic heterocycles. The van der Waals surface area contributed by atoms with Crippen LogP contribution in [0.2, 0.25) is 0 Å². The number of nitrogens with zero attached hydrogens (tertiary/aromatic N) is 2. The van der Waals surface area contributed by atoms with Gasteiger partial charge in [0.2, 0.25) is 0 Å². The lowest BCUT2D eigenvalue weighted by atomic mass is 10.0. The molecule has 2 rings (SSSR count). The Kier molecular flexibility index (Phi) is 6.11. The van der Waals surface area contributed by atoms with E-state index in [4.69, 9.17) is 0 Å². The van der Waals surface area contributed by atoms with Crippen molar-refractivity contribution < 1.29 is 4.79 Å². The van der Waals surface area contributed by atoms with E-state index in [9.17, 15) is 4.79 Å². The lowest BCUT2D eigenvalue weighted by Gasteiger charge is -2.21. The van der Waals surface area contributed by atoms with E-state index in [1.165, 1.54) is 0 Å². The molecule has 5 nitrogen and oxygen atoms in total. The fraction of sp³-hybridized carbons (Fsp3) is 0.333. The molecule has 1 heterocycles. The molecule has 0 bridgehead atoms. The second-order valence-electron chi connectivity index (χ2n) is 5.71. The van der Waals surface area contributed by atoms with E-state index >= 15 is 0 Å². The topological polar surface area (TPSA) is 57.3 Å². The molecular formula is C18H24N4O. The van der Waals surface area contributed by atoms with Crippen LogP contribution in [-0.2, 0) is 0 Å². The minimum atomic E-state index is -0.0866. The van der Waals surface area contributed by atoms with Crippen LogP contribution in [0.3, 0.4) is 0 Å². The molecule has 23 heavy (non-hydrogen) atoms. The van der Waals surface area contributed by atoms with Crippen LogP contribution in [0.15, 0.2) is 48.7 Å². The number of carbonyl (C=O) groups is 1. The first-order valence-electron chi connectivity index (χ1n) is 7.74. The van der Waals surface area contributed by atoms with Crippen molar-refractivity contribution in [1.82, 2.24) is 15.2 Å². The maximum absolute atomic E-state index is 12.6. The molecule has 0 aliphatic carbocycles. The summed E-state index contributed by atoms with van der Waals surface area (Å²) < 4.78 is 0. The van der Waals surface area contributed by atoms with Crippen LogP contribution in [0.1, 0.15) is 28.4 Å². The zero-order valence-electron chi connectivity index (χ0n) is 13.9. The van der Waals surface area contributed by atoms with E-state index in [1.807, 2.05) is 44.4 Å². The SMILES string of the molecule is CNc1cc(C(=O)NC(CCN(C)C)c2ccccc2)ccn1. The first kappa shape index (κ1) is 17.0. The van der Waals surface area contributed by atoms with Crippen LogP contribution in [-0.4, -0.2) is 43.5 Å². The quantitative estimate of drug-likeness (QED) is 0.825. The van der Waals surface area contributed by atoms with Crippen LogP contribution < -0.4 is 10.6 Å². The highest BCUT2D eigenvalue weighted by molar-refractivity contribution is 5.95. The number of aromatic nitrogens is 1. The zero-order chi connectivity index (χ0) is 16.7. The molecule has 0 spiro atoms. The van der Waals surface area contributed by atoms with Crippen molar-refractivity contribution in [3.63, 3.8) is 0 Å². The second kappa shape index (κ2) is 8.29. The molecule has 2 aromatic rings. The van der Waals surface area contributed by atoms with Crippen molar-refractivity contribution >= 4 is 11.7 Å². The van der Waals surface area contributed by atoms with Gasteiger partial charge in [0.05, 0.1) is 6.04 Å². The highest BCUT2D eigenvalue weighted by atomic mass is 16.1. The Bertz CT molecular complexity index is 628. The molecule has 1 atom stereocenters. The molecule has 0 aliphatic heterocycles. The summed E-state index contributed by atoms with van der Waals surface area (Å²) in [4.78, 5) is 18.8. The monoisotopic (exact) mass is 312 g/mol. The third-order valence-electron chi connectivity index (χ3n) is 3.65. The average molecular weight is 312 g/mol. The molecule has 1 aromatic carbocycles. The molecule has 0 saturated carbocycles. The standard InChI is InChI=1S/C18H24N4O/c1-19-17-13-15(9-11-20-17)18(23)21-16(10-12-22(2)3)14-7-5-4-6-8-14/h4-9,11,13,16H,10,12H2,1-3H3,(H,19,20)(H,21,23). The normalized spacial score (nSPS) is 12.0. The lowest BCUT2D eigenvalue weighted by molar-refractivity contribution is 0.0932. The van der Waals surface area contributed by atoms with E-state index in [-0.39, 0.29) is 11.9 Å². The molecule has 122 valence electrons. The van der Waals surface area contributed by atoms with Crippen LogP contribution >= 0.6 is 0 Å². The lowest BCUT2D eigenvalue weighted by Crippen LogP contribution is -2.31. The van der Waals surface area contributed by atoms with Crippen molar-refractivity contribution in [3.8, 4) is 0 Å². The van der Waals surface area contributed by atoms with Crippen molar-refractivity contribution in [2.24, 2.45) is 0 Å². The molecule has 1 amide bonds. The van der Waals surface area contributed by atoms with Gasteiger partial charge < -0.3 is 15.5 Å². The smallest absolute Gasteiger partial charge is 0.251 e. The minimum absolute atomic E-state index is 0.0164. The highest BCUT2D eigenvalue weighted by Gasteiger charge is 2.16. The second-order valence-corrected chi connectivity index (χ2v) is 5.71. The van der Waals surface area contributed by atoms with Gasteiger partial charge in [-0.25, -0.2) is 4.98 Å². The number of pyridine rings is 1. The number of hydrogen-bond acceptors (Lipinski definition) is 4. The van der Waals surface area contributed by atoms with Gasteiger partial charge in [0.15, 0.2) is 0 Å². The molecular weight excluding hydrogens is 288 g/mol. The summed E-state index contributed by atoms with van der Waals surface area (Å²) in [5, 5.41) is 6.08. The molecule has 1 unspecified atom stereocenters. The van der Waals surface area contributed by atoms with Gasteiger partial charge in [0.25, 0.3) is 5.91 Å². The number of hydrogen-bond donors (Lipinski definition) is 2. The summed E-state index contributed by atoms with van der Waals surface area (Å²) in [6.45, 7) is 0.901. The Morgan fingerprint density at radius 2 is 1.96 bits per heavy atom. The summed E-state index contributed by atoms with van der Waals surface area (Å²) >= 11 is 0. The molecule has 0 fully saturated rings. The predicted molar refractivity (Wildman–Crippen MR) is 93.6 cm³/mol. The third kappa shape index (κ3) is 5.07. The largest absolute Gasteiger partial charge is 0.373 e. The van der Waals surface area contributed by atoms with Crippen molar-refractivity contribution in [3.05, 3.63) is 59.8 Å². The van der Waals surface area contributed by atoms with Gasteiger partial charge in [-0.05, 0) is 44.8 Å². The molecule has 2 N–H and O–H groups in total. The van der Waals surface area contributed by atoms with Crippen molar-refractivity contribution in [2.75, 3.05) is 33.0 Å². The van der Waals surface area contributed by atoms with Gasteiger partial charge in [-0.15, -0.1) is 0 Å². The Morgan fingerprint density at radius 3 is 2.61 bits per heavy atom. The van der Waals surface area contributed by atoms with Gasteiger partial charge in [-0.2, -0.15) is 0 Å². The molecule has 5 heteroatoms.